The highest BCUT2D eigenvalue weighted by Gasteiger charge is 2.14. The number of hydrogen-bond donors (Lipinski definition) is 2. The number of carbonyl (C=O) groups is 2. The molecule has 0 fully saturated rings. The van der Waals surface area contributed by atoms with Crippen LogP contribution in [0.15, 0.2) is 29.6 Å². The standard InChI is InChI=1S/C20H32N4O2/c1-4-5-6-7-8-9-10-11-19(25)22-17(2)20(26)23-21-16-18-12-14-24(3)15-13-18/h12-17H,4-11H2,1-3H3,(H,22,25)/p+1. The molecule has 1 unspecified atom stereocenters. The quantitative estimate of drug-likeness (QED) is 0.260. The summed E-state index contributed by atoms with van der Waals surface area (Å²) >= 11 is 0. The van der Waals surface area contributed by atoms with E-state index in [0.29, 0.717) is 6.42 Å². The van der Waals surface area contributed by atoms with Gasteiger partial charge in [0.1, 0.15) is 13.1 Å². The lowest BCUT2D eigenvalue weighted by molar-refractivity contribution is -0.671. The fourth-order valence-electron chi connectivity index (χ4n) is 2.49. The predicted molar refractivity (Wildman–Crippen MR) is 104 cm³/mol. The summed E-state index contributed by atoms with van der Waals surface area (Å²) in [6, 6.07) is 3.18. The number of hydrazone groups is 1. The van der Waals surface area contributed by atoms with Gasteiger partial charge in [-0.15, -0.1) is 0 Å². The summed E-state index contributed by atoms with van der Waals surface area (Å²) in [5.74, 6) is -0.406. The van der Waals surface area contributed by atoms with Gasteiger partial charge in [0.25, 0.3) is 5.91 Å². The van der Waals surface area contributed by atoms with E-state index in [1.165, 1.54) is 32.1 Å². The molecule has 26 heavy (non-hydrogen) atoms. The normalized spacial score (nSPS) is 12.1. The smallest absolute Gasteiger partial charge is 0.262 e. The van der Waals surface area contributed by atoms with E-state index in [-0.39, 0.29) is 11.8 Å². The van der Waals surface area contributed by atoms with E-state index in [1.807, 2.05) is 36.1 Å². The Labute approximate surface area is 157 Å². The molecule has 2 amide bonds. The molecule has 1 heterocycles. The number of hydrogen-bond acceptors (Lipinski definition) is 3. The monoisotopic (exact) mass is 361 g/mol. The van der Waals surface area contributed by atoms with Crippen molar-refractivity contribution in [1.29, 1.82) is 0 Å². The molecule has 0 bridgehead atoms. The number of aryl methyl sites for hydroxylation is 1. The summed E-state index contributed by atoms with van der Waals surface area (Å²) in [6.45, 7) is 3.87. The molecular formula is C20H33N4O2+. The molecule has 1 rings (SSSR count). The van der Waals surface area contributed by atoms with Crippen molar-refractivity contribution in [2.24, 2.45) is 12.1 Å². The third kappa shape index (κ3) is 9.91. The molecule has 0 radical (unpaired) electrons. The molecule has 144 valence electrons. The zero-order chi connectivity index (χ0) is 19.2. The third-order valence-electron chi connectivity index (χ3n) is 4.17. The average Bonchev–Trinajstić information content (AvgIpc) is 2.62. The maximum absolute atomic E-state index is 12.0. The van der Waals surface area contributed by atoms with E-state index in [9.17, 15) is 9.59 Å². The molecule has 0 saturated carbocycles. The van der Waals surface area contributed by atoms with Gasteiger partial charge in [0.2, 0.25) is 5.91 Å². The highest BCUT2D eigenvalue weighted by molar-refractivity contribution is 5.88. The number of pyridine rings is 1. The molecule has 0 spiro atoms. The van der Waals surface area contributed by atoms with Crippen LogP contribution in [0.2, 0.25) is 0 Å². The Morgan fingerprint density at radius 2 is 1.73 bits per heavy atom. The molecule has 0 aliphatic rings. The van der Waals surface area contributed by atoms with Crippen LogP contribution in [0.4, 0.5) is 0 Å². The molecule has 0 aliphatic heterocycles. The molecular weight excluding hydrogens is 328 g/mol. The lowest BCUT2D eigenvalue weighted by atomic mass is 10.1. The first-order valence-electron chi connectivity index (χ1n) is 9.60. The predicted octanol–water partition coefficient (Wildman–Crippen LogP) is 2.61. The van der Waals surface area contributed by atoms with Gasteiger partial charge in [-0.3, -0.25) is 9.59 Å². The van der Waals surface area contributed by atoms with Crippen molar-refractivity contribution >= 4 is 18.0 Å². The van der Waals surface area contributed by atoms with Crippen LogP contribution >= 0.6 is 0 Å². The summed E-state index contributed by atoms with van der Waals surface area (Å²) in [4.78, 5) is 23.8. The second-order valence-corrected chi connectivity index (χ2v) is 6.69. The van der Waals surface area contributed by atoms with Crippen molar-refractivity contribution in [1.82, 2.24) is 10.7 Å². The van der Waals surface area contributed by atoms with Crippen LogP contribution in [0.1, 0.15) is 70.8 Å². The van der Waals surface area contributed by atoms with Gasteiger partial charge < -0.3 is 5.32 Å². The topological polar surface area (TPSA) is 74.4 Å². The molecule has 2 N–H and O–H groups in total. The molecule has 0 aromatic carbocycles. The van der Waals surface area contributed by atoms with Crippen molar-refractivity contribution in [3.8, 4) is 0 Å². The number of unbranched alkanes of at least 4 members (excludes halogenated alkanes) is 6. The summed E-state index contributed by atoms with van der Waals surface area (Å²) in [6.07, 6.45) is 14.0. The third-order valence-corrected chi connectivity index (χ3v) is 4.17. The van der Waals surface area contributed by atoms with Gasteiger partial charge in [-0.05, 0) is 13.3 Å². The Morgan fingerprint density at radius 1 is 1.12 bits per heavy atom. The summed E-state index contributed by atoms with van der Waals surface area (Å²) in [7, 11) is 1.93. The fraction of sp³-hybridized carbons (Fsp3) is 0.600. The van der Waals surface area contributed by atoms with Crippen molar-refractivity contribution in [3.05, 3.63) is 30.1 Å². The van der Waals surface area contributed by atoms with Crippen LogP contribution in [0.25, 0.3) is 0 Å². The number of nitrogens with one attached hydrogen (secondary N) is 2. The number of carbonyl (C=O) groups excluding carboxylic acids is 2. The number of aromatic nitrogens is 1. The second kappa shape index (κ2) is 13.0. The maximum Gasteiger partial charge on any atom is 0.262 e. The van der Waals surface area contributed by atoms with Gasteiger partial charge in [-0.2, -0.15) is 5.10 Å². The first-order valence-corrected chi connectivity index (χ1v) is 9.60. The Bertz CT molecular complexity index is 570. The molecule has 0 saturated heterocycles. The number of amides is 2. The van der Waals surface area contributed by atoms with Gasteiger partial charge in [-0.1, -0.05) is 45.4 Å². The molecule has 1 aromatic heterocycles. The first kappa shape index (κ1) is 21.8. The van der Waals surface area contributed by atoms with Crippen LogP contribution in [-0.2, 0) is 16.6 Å². The minimum atomic E-state index is -0.599. The van der Waals surface area contributed by atoms with Gasteiger partial charge >= 0.3 is 0 Å². The van der Waals surface area contributed by atoms with Crippen LogP contribution < -0.4 is 15.3 Å². The van der Waals surface area contributed by atoms with Crippen molar-refractivity contribution in [2.75, 3.05) is 0 Å². The van der Waals surface area contributed by atoms with Gasteiger partial charge in [-0.25, -0.2) is 9.99 Å². The van der Waals surface area contributed by atoms with Crippen LogP contribution in [0.5, 0.6) is 0 Å². The van der Waals surface area contributed by atoms with Crippen molar-refractivity contribution in [2.45, 2.75) is 71.3 Å². The minimum Gasteiger partial charge on any atom is -0.345 e. The Balaban J connectivity index is 2.18. The second-order valence-electron chi connectivity index (χ2n) is 6.69. The minimum absolute atomic E-state index is 0.0826. The van der Waals surface area contributed by atoms with E-state index in [2.05, 4.69) is 22.8 Å². The van der Waals surface area contributed by atoms with Crippen LogP contribution in [-0.4, -0.2) is 24.1 Å². The lowest BCUT2D eigenvalue weighted by Gasteiger charge is -2.12. The highest BCUT2D eigenvalue weighted by atomic mass is 16.2. The van der Waals surface area contributed by atoms with E-state index in [0.717, 1.165) is 18.4 Å². The summed E-state index contributed by atoms with van der Waals surface area (Å²) < 4.78 is 1.92. The Hall–Kier alpha value is -2.24. The van der Waals surface area contributed by atoms with Crippen molar-refractivity contribution in [3.63, 3.8) is 0 Å². The SMILES string of the molecule is CCCCCCCCCC(=O)NC(C)C(=O)NN=Cc1cc[n+](C)cc1. The number of nitrogens with zero attached hydrogens (tertiary/aromatic N) is 2. The maximum atomic E-state index is 12.0. The zero-order valence-corrected chi connectivity index (χ0v) is 16.3. The van der Waals surface area contributed by atoms with Gasteiger partial charge in [0, 0.05) is 24.1 Å². The molecule has 1 aromatic rings. The first-order chi connectivity index (χ1) is 12.5. The Morgan fingerprint density at radius 3 is 2.38 bits per heavy atom. The molecule has 6 heteroatoms. The zero-order valence-electron chi connectivity index (χ0n) is 16.3. The van der Waals surface area contributed by atoms with Gasteiger partial charge in [0.15, 0.2) is 12.4 Å². The molecule has 6 nitrogen and oxygen atoms in total. The van der Waals surface area contributed by atoms with E-state index in [4.69, 9.17) is 0 Å². The average molecular weight is 362 g/mol. The van der Waals surface area contributed by atoms with Crippen LogP contribution in [0, 0.1) is 0 Å². The van der Waals surface area contributed by atoms with E-state index < -0.39 is 6.04 Å². The van der Waals surface area contributed by atoms with E-state index >= 15 is 0 Å². The molecule has 0 aliphatic carbocycles. The van der Waals surface area contributed by atoms with E-state index in [1.54, 1.807) is 13.1 Å². The highest BCUT2D eigenvalue weighted by Crippen LogP contribution is 2.08. The van der Waals surface area contributed by atoms with Crippen molar-refractivity contribution < 1.29 is 14.2 Å². The van der Waals surface area contributed by atoms with Crippen LogP contribution in [0.3, 0.4) is 0 Å². The lowest BCUT2D eigenvalue weighted by Crippen LogP contribution is -2.43. The number of rotatable bonds is 12. The fourth-order valence-corrected chi connectivity index (χ4v) is 2.49. The van der Waals surface area contributed by atoms with Gasteiger partial charge in [0.05, 0.1) is 6.21 Å². The largest absolute Gasteiger partial charge is 0.345 e. The summed E-state index contributed by atoms with van der Waals surface area (Å²) in [5, 5.41) is 6.64. The Kier molecular flexibility index (Phi) is 10.9. The summed E-state index contributed by atoms with van der Waals surface area (Å²) in [5.41, 5.74) is 3.34. The molecule has 1 atom stereocenters.